The van der Waals surface area contributed by atoms with Crippen LogP contribution in [0.4, 0.5) is 5.69 Å². The number of carbonyl (C=O) groups excluding carboxylic acids is 1. The first-order chi connectivity index (χ1) is 15.3. The number of carbonyl (C=O) groups is 1. The fourth-order valence-electron chi connectivity index (χ4n) is 3.94. The number of nitrogens with one attached hydrogen (secondary N) is 1. The Morgan fingerprint density at radius 3 is 2.38 bits per heavy atom. The molecule has 7 heteroatoms. The van der Waals surface area contributed by atoms with E-state index in [2.05, 4.69) is 5.32 Å². The number of anilines is 1. The Bertz CT molecular complexity index is 1250. The molecule has 0 aliphatic carbocycles. The van der Waals surface area contributed by atoms with Gasteiger partial charge in [-0.3, -0.25) is 4.79 Å². The molecule has 4 rings (SSSR count). The van der Waals surface area contributed by atoms with Crippen LogP contribution in [-0.4, -0.2) is 31.8 Å². The number of hydrogen-bond acceptors (Lipinski definition) is 4. The van der Waals surface area contributed by atoms with Gasteiger partial charge < -0.3 is 10.1 Å². The molecule has 0 saturated heterocycles. The van der Waals surface area contributed by atoms with E-state index < -0.39 is 16.1 Å². The predicted octanol–water partition coefficient (Wildman–Crippen LogP) is 4.07. The molecule has 0 spiro atoms. The number of benzene rings is 3. The molecule has 3 aromatic carbocycles. The topological polar surface area (TPSA) is 75.7 Å². The van der Waals surface area contributed by atoms with Crippen molar-refractivity contribution >= 4 is 21.6 Å². The summed E-state index contributed by atoms with van der Waals surface area (Å²) in [6.45, 7) is 4.00. The largest absolute Gasteiger partial charge is 0.497 e. The van der Waals surface area contributed by atoms with Crippen LogP contribution in [0.2, 0.25) is 0 Å². The van der Waals surface area contributed by atoms with Gasteiger partial charge in [0.1, 0.15) is 11.8 Å². The third kappa shape index (κ3) is 4.26. The minimum Gasteiger partial charge on any atom is -0.497 e. The van der Waals surface area contributed by atoms with E-state index in [9.17, 15) is 13.2 Å². The number of sulfonamides is 1. The number of methoxy groups -OCH3 is 1. The summed E-state index contributed by atoms with van der Waals surface area (Å²) in [6.07, 6.45) is 0.308. The van der Waals surface area contributed by atoms with Gasteiger partial charge in [0.2, 0.25) is 15.9 Å². The van der Waals surface area contributed by atoms with E-state index in [0.29, 0.717) is 17.9 Å². The third-order valence-corrected chi connectivity index (χ3v) is 7.69. The van der Waals surface area contributed by atoms with Crippen LogP contribution in [0.25, 0.3) is 0 Å². The van der Waals surface area contributed by atoms with Crippen molar-refractivity contribution in [2.24, 2.45) is 0 Å². The average Bonchev–Trinajstić information content (AvgIpc) is 2.80. The number of amides is 1. The van der Waals surface area contributed by atoms with Crippen molar-refractivity contribution in [3.05, 3.63) is 89.0 Å². The second-order valence-corrected chi connectivity index (χ2v) is 9.91. The Balaban J connectivity index is 1.72. The van der Waals surface area contributed by atoms with E-state index in [4.69, 9.17) is 4.74 Å². The summed E-state index contributed by atoms with van der Waals surface area (Å²) in [7, 11) is -2.39. The standard InChI is InChI=1S/C25H26N2O4S/c1-17-8-9-18(2)23(14-17)26-25(28)24-15-19-6-4-5-7-20(19)16-27(24)32(29,30)22-12-10-21(31-3)11-13-22/h4-14,24H,15-16H2,1-3H3,(H,26,28)/t24-/m0/s1. The van der Waals surface area contributed by atoms with E-state index in [1.807, 2.05) is 56.3 Å². The van der Waals surface area contributed by atoms with Gasteiger partial charge >= 0.3 is 0 Å². The lowest BCUT2D eigenvalue weighted by Crippen LogP contribution is -2.50. The molecule has 1 aliphatic rings. The summed E-state index contributed by atoms with van der Waals surface area (Å²) in [4.78, 5) is 13.5. The average molecular weight is 451 g/mol. The van der Waals surface area contributed by atoms with E-state index >= 15 is 0 Å². The summed E-state index contributed by atoms with van der Waals surface area (Å²) >= 11 is 0. The van der Waals surface area contributed by atoms with Crippen LogP contribution < -0.4 is 10.1 Å². The molecule has 1 amide bonds. The van der Waals surface area contributed by atoms with Crippen LogP contribution in [0, 0.1) is 13.8 Å². The first-order valence-corrected chi connectivity index (χ1v) is 11.8. The van der Waals surface area contributed by atoms with Crippen molar-refractivity contribution in [1.82, 2.24) is 4.31 Å². The van der Waals surface area contributed by atoms with Gasteiger partial charge in [0.25, 0.3) is 0 Å². The normalized spacial score (nSPS) is 16.3. The lowest BCUT2D eigenvalue weighted by atomic mass is 9.95. The van der Waals surface area contributed by atoms with Gasteiger partial charge in [-0.15, -0.1) is 0 Å². The molecule has 0 saturated carbocycles. The number of ether oxygens (including phenoxy) is 1. The quantitative estimate of drug-likeness (QED) is 0.636. The monoisotopic (exact) mass is 450 g/mol. The summed E-state index contributed by atoms with van der Waals surface area (Å²) in [6, 6.07) is 18.8. The van der Waals surface area contributed by atoms with Crippen LogP contribution in [0.5, 0.6) is 5.75 Å². The summed E-state index contributed by atoms with van der Waals surface area (Å²) in [5, 5.41) is 2.96. The molecule has 32 heavy (non-hydrogen) atoms. The van der Waals surface area contributed by atoms with Crippen molar-refractivity contribution in [1.29, 1.82) is 0 Å². The number of hydrogen-bond donors (Lipinski definition) is 1. The molecule has 3 aromatic rings. The van der Waals surface area contributed by atoms with E-state index in [1.165, 1.54) is 23.5 Å². The first kappa shape index (κ1) is 22.0. The molecule has 1 N–H and O–H groups in total. The molecular weight excluding hydrogens is 424 g/mol. The Morgan fingerprint density at radius 2 is 1.69 bits per heavy atom. The molecule has 0 unspecified atom stereocenters. The van der Waals surface area contributed by atoms with Gasteiger partial charge in [-0.1, -0.05) is 36.4 Å². The highest BCUT2D eigenvalue weighted by atomic mass is 32.2. The van der Waals surface area contributed by atoms with Crippen molar-refractivity contribution in [3.63, 3.8) is 0 Å². The lowest BCUT2D eigenvalue weighted by Gasteiger charge is -2.35. The van der Waals surface area contributed by atoms with Gasteiger partial charge in [0.05, 0.1) is 12.0 Å². The van der Waals surface area contributed by atoms with Gasteiger partial charge in [-0.05, 0) is 72.9 Å². The van der Waals surface area contributed by atoms with Gasteiger partial charge in [0, 0.05) is 12.2 Å². The zero-order chi connectivity index (χ0) is 22.9. The Kier molecular flexibility index (Phi) is 6.04. The van der Waals surface area contributed by atoms with Gasteiger partial charge in [0.15, 0.2) is 0 Å². The number of rotatable bonds is 5. The van der Waals surface area contributed by atoms with Crippen molar-refractivity contribution < 1.29 is 17.9 Å². The van der Waals surface area contributed by atoms with Gasteiger partial charge in [-0.25, -0.2) is 8.42 Å². The van der Waals surface area contributed by atoms with Crippen LogP contribution >= 0.6 is 0 Å². The summed E-state index contributed by atoms with van der Waals surface area (Å²) in [5.41, 5.74) is 4.51. The lowest BCUT2D eigenvalue weighted by molar-refractivity contribution is -0.120. The summed E-state index contributed by atoms with van der Waals surface area (Å²) < 4.78 is 33.6. The SMILES string of the molecule is COc1ccc(S(=O)(=O)N2Cc3ccccc3C[C@H]2C(=O)Nc2cc(C)ccc2C)cc1. The van der Waals surface area contributed by atoms with E-state index in [0.717, 1.165) is 22.3 Å². The van der Waals surface area contributed by atoms with Crippen LogP contribution in [0.15, 0.2) is 71.6 Å². The van der Waals surface area contributed by atoms with Crippen molar-refractivity contribution in [2.45, 2.75) is 37.8 Å². The third-order valence-electron chi connectivity index (χ3n) is 5.83. The molecule has 0 bridgehead atoms. The van der Waals surface area contributed by atoms with Crippen LogP contribution in [0.1, 0.15) is 22.3 Å². The Hall–Kier alpha value is -3.16. The highest BCUT2D eigenvalue weighted by Crippen LogP contribution is 2.31. The fourth-order valence-corrected chi connectivity index (χ4v) is 5.51. The van der Waals surface area contributed by atoms with E-state index in [-0.39, 0.29) is 17.3 Å². The second-order valence-electron chi connectivity index (χ2n) is 8.02. The maximum atomic E-state index is 13.6. The molecule has 6 nitrogen and oxygen atoms in total. The molecule has 1 aliphatic heterocycles. The molecular formula is C25H26N2O4S. The number of aryl methyl sites for hydroxylation is 2. The molecule has 1 atom stereocenters. The van der Waals surface area contributed by atoms with Crippen LogP contribution in [-0.2, 0) is 27.8 Å². The molecule has 0 radical (unpaired) electrons. The first-order valence-electron chi connectivity index (χ1n) is 10.4. The summed E-state index contributed by atoms with van der Waals surface area (Å²) in [5.74, 6) is 0.224. The maximum absolute atomic E-state index is 13.6. The second kappa shape index (κ2) is 8.76. The predicted molar refractivity (Wildman–Crippen MR) is 124 cm³/mol. The fraction of sp³-hybridized carbons (Fsp3) is 0.240. The van der Waals surface area contributed by atoms with Crippen LogP contribution in [0.3, 0.4) is 0 Å². The highest BCUT2D eigenvalue weighted by Gasteiger charge is 2.39. The van der Waals surface area contributed by atoms with E-state index in [1.54, 1.807) is 12.1 Å². The van der Waals surface area contributed by atoms with Crippen molar-refractivity contribution in [3.8, 4) is 5.75 Å². The van der Waals surface area contributed by atoms with Gasteiger partial charge in [-0.2, -0.15) is 4.31 Å². The zero-order valence-electron chi connectivity index (χ0n) is 18.3. The minimum absolute atomic E-state index is 0.127. The number of nitrogens with zero attached hydrogens (tertiary/aromatic N) is 1. The molecule has 1 heterocycles. The maximum Gasteiger partial charge on any atom is 0.244 e. The molecule has 166 valence electrons. The minimum atomic E-state index is -3.92. The zero-order valence-corrected chi connectivity index (χ0v) is 19.1. The highest BCUT2D eigenvalue weighted by molar-refractivity contribution is 7.89. The number of fused-ring (bicyclic) bond motifs is 1. The Labute approximate surface area is 188 Å². The Morgan fingerprint density at radius 1 is 1.00 bits per heavy atom. The molecule has 0 aromatic heterocycles. The van der Waals surface area contributed by atoms with Crippen molar-refractivity contribution in [2.75, 3.05) is 12.4 Å². The molecule has 0 fully saturated rings. The smallest absolute Gasteiger partial charge is 0.244 e.